The van der Waals surface area contributed by atoms with E-state index in [1.165, 1.54) is 11.3 Å². The molecule has 0 spiro atoms. The van der Waals surface area contributed by atoms with Gasteiger partial charge in [-0.1, -0.05) is 28.9 Å². The summed E-state index contributed by atoms with van der Waals surface area (Å²) in [5, 5.41) is 9.10. The van der Waals surface area contributed by atoms with Crippen LogP contribution in [0.4, 0.5) is 4.79 Å². The Balaban J connectivity index is 1.56. The zero-order chi connectivity index (χ0) is 19.2. The Morgan fingerprint density at radius 1 is 1.33 bits per heavy atom. The van der Waals surface area contributed by atoms with E-state index in [4.69, 9.17) is 16.1 Å². The van der Waals surface area contributed by atoms with E-state index >= 15 is 0 Å². The molecule has 0 bridgehead atoms. The number of rotatable bonds is 4. The molecule has 1 aliphatic heterocycles. The second-order valence-electron chi connectivity index (χ2n) is 6.09. The fraction of sp³-hybridized carbons (Fsp3) is 0.176. The maximum absolute atomic E-state index is 12.9. The van der Waals surface area contributed by atoms with Crippen molar-refractivity contribution in [2.45, 2.75) is 19.0 Å². The first kappa shape index (κ1) is 18.1. The van der Waals surface area contributed by atoms with E-state index in [2.05, 4.69) is 31.4 Å². The average molecular weight is 468 g/mol. The van der Waals surface area contributed by atoms with Crippen molar-refractivity contribution in [3.05, 3.63) is 56.7 Å². The van der Waals surface area contributed by atoms with Gasteiger partial charge in [0.15, 0.2) is 0 Å². The molecular formula is C17H12BrClN4O3S. The molecule has 138 valence electrons. The largest absolute Gasteiger partial charge is 0.337 e. The van der Waals surface area contributed by atoms with E-state index in [1.807, 2.05) is 11.4 Å². The van der Waals surface area contributed by atoms with Crippen molar-refractivity contribution in [1.29, 1.82) is 0 Å². The van der Waals surface area contributed by atoms with Crippen molar-refractivity contribution >= 4 is 50.8 Å². The van der Waals surface area contributed by atoms with Gasteiger partial charge in [0.25, 0.3) is 5.91 Å². The summed E-state index contributed by atoms with van der Waals surface area (Å²) >= 11 is 10.7. The summed E-state index contributed by atoms with van der Waals surface area (Å²) in [6.45, 7) is 1.55. The van der Waals surface area contributed by atoms with Crippen LogP contribution in [-0.4, -0.2) is 27.0 Å². The SMILES string of the molecule is CC1(c2ccc(Cl)cc2)NC(=O)N(Cc2nc(-c3cc(Br)cs3)no2)C1=O. The Hall–Kier alpha value is -2.23. The molecule has 1 atom stereocenters. The number of amides is 3. The lowest BCUT2D eigenvalue weighted by Crippen LogP contribution is -2.40. The van der Waals surface area contributed by atoms with E-state index in [1.54, 1.807) is 31.2 Å². The molecule has 1 aliphatic rings. The van der Waals surface area contributed by atoms with Crippen LogP contribution in [0.15, 0.2) is 44.7 Å². The van der Waals surface area contributed by atoms with Gasteiger partial charge in [-0.3, -0.25) is 9.69 Å². The van der Waals surface area contributed by atoms with Gasteiger partial charge in [-0.2, -0.15) is 4.98 Å². The van der Waals surface area contributed by atoms with Crippen LogP contribution in [0.2, 0.25) is 5.02 Å². The lowest BCUT2D eigenvalue weighted by atomic mass is 9.92. The van der Waals surface area contributed by atoms with E-state index < -0.39 is 17.5 Å². The first-order valence-electron chi connectivity index (χ1n) is 7.84. The Morgan fingerprint density at radius 3 is 2.74 bits per heavy atom. The summed E-state index contributed by atoms with van der Waals surface area (Å²) in [5.74, 6) is 0.194. The summed E-state index contributed by atoms with van der Waals surface area (Å²) in [4.78, 5) is 31.5. The normalized spacial score (nSPS) is 19.6. The predicted octanol–water partition coefficient (Wildman–Crippen LogP) is 4.18. The second-order valence-corrected chi connectivity index (χ2v) is 8.36. The number of thiophene rings is 1. The van der Waals surface area contributed by atoms with Crippen LogP contribution in [0.3, 0.4) is 0 Å². The molecular weight excluding hydrogens is 456 g/mol. The number of aromatic nitrogens is 2. The highest BCUT2D eigenvalue weighted by Gasteiger charge is 2.49. The highest BCUT2D eigenvalue weighted by molar-refractivity contribution is 9.10. The minimum atomic E-state index is -1.18. The third-order valence-electron chi connectivity index (χ3n) is 4.25. The van der Waals surface area contributed by atoms with Gasteiger partial charge in [0.1, 0.15) is 12.1 Å². The Labute approximate surface area is 171 Å². The fourth-order valence-electron chi connectivity index (χ4n) is 2.80. The van der Waals surface area contributed by atoms with Crippen LogP contribution in [-0.2, 0) is 16.9 Å². The highest BCUT2D eigenvalue weighted by Crippen LogP contribution is 2.31. The molecule has 1 unspecified atom stereocenters. The summed E-state index contributed by atoms with van der Waals surface area (Å²) in [7, 11) is 0. The fourth-order valence-corrected chi connectivity index (χ4v) is 4.28. The molecule has 1 saturated heterocycles. The molecule has 0 aliphatic carbocycles. The van der Waals surface area contributed by atoms with E-state index in [0.717, 1.165) is 14.2 Å². The molecule has 1 fully saturated rings. The molecule has 3 heterocycles. The van der Waals surface area contributed by atoms with Crippen LogP contribution in [0.1, 0.15) is 18.4 Å². The Kier molecular flexibility index (Phi) is 4.53. The smallest absolute Gasteiger partial charge is 0.325 e. The quantitative estimate of drug-likeness (QED) is 0.582. The summed E-state index contributed by atoms with van der Waals surface area (Å²) < 4.78 is 6.13. The molecule has 2 aromatic heterocycles. The summed E-state index contributed by atoms with van der Waals surface area (Å²) in [6.07, 6.45) is 0. The summed E-state index contributed by atoms with van der Waals surface area (Å²) in [5.41, 5.74) is -0.536. The molecule has 0 radical (unpaired) electrons. The van der Waals surface area contributed by atoms with Gasteiger partial charge >= 0.3 is 6.03 Å². The lowest BCUT2D eigenvalue weighted by Gasteiger charge is -2.22. The van der Waals surface area contributed by atoms with Gasteiger partial charge in [0.2, 0.25) is 11.7 Å². The van der Waals surface area contributed by atoms with Crippen molar-refractivity contribution in [1.82, 2.24) is 20.4 Å². The molecule has 7 nitrogen and oxygen atoms in total. The molecule has 1 aromatic carbocycles. The number of carbonyl (C=O) groups is 2. The number of nitrogens with zero attached hydrogens (tertiary/aromatic N) is 3. The Morgan fingerprint density at radius 2 is 2.07 bits per heavy atom. The first-order chi connectivity index (χ1) is 12.9. The van der Waals surface area contributed by atoms with Crippen LogP contribution < -0.4 is 5.32 Å². The van der Waals surface area contributed by atoms with Gasteiger partial charge in [0.05, 0.1) is 4.88 Å². The predicted molar refractivity (Wildman–Crippen MR) is 103 cm³/mol. The maximum Gasteiger partial charge on any atom is 0.325 e. The monoisotopic (exact) mass is 466 g/mol. The standard InChI is InChI=1S/C17H12BrClN4O3S/c1-17(9-2-4-11(19)5-3-9)15(24)23(16(25)21-17)7-13-20-14(22-26-13)12-6-10(18)8-27-12/h2-6,8H,7H2,1H3,(H,21,25). The zero-order valence-electron chi connectivity index (χ0n) is 13.9. The molecule has 0 saturated carbocycles. The second kappa shape index (κ2) is 6.74. The summed E-state index contributed by atoms with van der Waals surface area (Å²) in [6, 6.07) is 8.12. The van der Waals surface area contributed by atoms with Gasteiger partial charge in [-0.25, -0.2) is 4.79 Å². The van der Waals surface area contributed by atoms with Gasteiger partial charge in [0, 0.05) is 14.9 Å². The minimum absolute atomic E-state index is 0.104. The molecule has 10 heteroatoms. The number of carbonyl (C=O) groups excluding carboxylic acids is 2. The number of halogens is 2. The number of nitrogens with one attached hydrogen (secondary N) is 1. The average Bonchev–Trinajstić information content (AvgIpc) is 3.32. The number of hydrogen-bond acceptors (Lipinski definition) is 6. The van der Waals surface area contributed by atoms with E-state index in [0.29, 0.717) is 16.4 Å². The molecule has 27 heavy (non-hydrogen) atoms. The number of imide groups is 1. The number of hydrogen-bond donors (Lipinski definition) is 1. The van der Waals surface area contributed by atoms with Crippen LogP contribution in [0.25, 0.3) is 10.7 Å². The van der Waals surface area contributed by atoms with Crippen LogP contribution in [0.5, 0.6) is 0 Å². The van der Waals surface area contributed by atoms with Crippen molar-refractivity contribution < 1.29 is 14.1 Å². The Bertz CT molecular complexity index is 1030. The third-order valence-corrected chi connectivity index (χ3v) is 6.18. The highest BCUT2D eigenvalue weighted by atomic mass is 79.9. The van der Waals surface area contributed by atoms with Crippen molar-refractivity contribution in [3.63, 3.8) is 0 Å². The van der Waals surface area contributed by atoms with Crippen LogP contribution in [0, 0.1) is 0 Å². The zero-order valence-corrected chi connectivity index (χ0v) is 17.1. The van der Waals surface area contributed by atoms with E-state index in [-0.39, 0.29) is 12.4 Å². The maximum atomic E-state index is 12.9. The number of urea groups is 1. The van der Waals surface area contributed by atoms with Gasteiger partial charge in [-0.15, -0.1) is 11.3 Å². The molecule has 1 N–H and O–H groups in total. The first-order valence-corrected chi connectivity index (χ1v) is 9.89. The van der Waals surface area contributed by atoms with Gasteiger partial charge in [-0.05, 0) is 46.6 Å². The molecule has 3 aromatic rings. The third kappa shape index (κ3) is 3.26. The van der Waals surface area contributed by atoms with E-state index in [9.17, 15) is 9.59 Å². The minimum Gasteiger partial charge on any atom is -0.337 e. The van der Waals surface area contributed by atoms with Gasteiger partial charge < -0.3 is 9.84 Å². The number of benzene rings is 1. The van der Waals surface area contributed by atoms with Crippen LogP contribution >= 0.6 is 38.9 Å². The van der Waals surface area contributed by atoms with Crippen molar-refractivity contribution in [2.75, 3.05) is 0 Å². The topological polar surface area (TPSA) is 88.3 Å². The lowest BCUT2D eigenvalue weighted by molar-refractivity contribution is -0.131. The van der Waals surface area contributed by atoms with Crippen molar-refractivity contribution in [2.24, 2.45) is 0 Å². The van der Waals surface area contributed by atoms with Crippen molar-refractivity contribution in [3.8, 4) is 10.7 Å². The molecule has 4 rings (SSSR count). The molecule has 3 amide bonds.